The Labute approximate surface area is 200 Å². The normalized spacial score (nSPS) is 11.6. The highest BCUT2D eigenvalue weighted by atomic mass is 19.1. The number of aromatic nitrogens is 3. The van der Waals surface area contributed by atoms with Crippen molar-refractivity contribution < 1.29 is 23.2 Å². The number of halogens is 2. The van der Waals surface area contributed by atoms with Crippen molar-refractivity contribution in [1.29, 1.82) is 0 Å². The summed E-state index contributed by atoms with van der Waals surface area (Å²) in [4.78, 5) is 19.6. The Morgan fingerprint density at radius 3 is 2.46 bits per heavy atom. The maximum absolute atomic E-state index is 14.0. The lowest BCUT2D eigenvalue weighted by Crippen LogP contribution is -2.37. The first-order valence-corrected chi connectivity index (χ1v) is 10.9. The zero-order valence-corrected chi connectivity index (χ0v) is 19.7. The van der Waals surface area contributed by atoms with Crippen LogP contribution in [0.15, 0.2) is 48.8 Å². The van der Waals surface area contributed by atoms with Gasteiger partial charge in [0.15, 0.2) is 18.0 Å². The van der Waals surface area contributed by atoms with E-state index in [0.717, 1.165) is 16.8 Å². The van der Waals surface area contributed by atoms with Crippen molar-refractivity contribution in [1.82, 2.24) is 14.4 Å². The number of fused-ring (bicyclic) bond motifs is 1. The molecule has 0 spiro atoms. The summed E-state index contributed by atoms with van der Waals surface area (Å²) >= 11 is 0. The lowest BCUT2D eigenvalue weighted by atomic mass is 10.1. The van der Waals surface area contributed by atoms with Crippen LogP contribution in [0.5, 0.6) is 11.6 Å². The topological polar surface area (TPSA) is 91.8 Å². The Morgan fingerprint density at radius 1 is 1.11 bits per heavy atom. The van der Waals surface area contributed by atoms with Gasteiger partial charge < -0.3 is 9.47 Å². The molecule has 0 saturated heterocycles. The molecule has 0 bridgehead atoms. The molecule has 35 heavy (non-hydrogen) atoms. The molecular weight excluding hydrogens is 458 g/mol. The summed E-state index contributed by atoms with van der Waals surface area (Å²) < 4.78 is 41.2. The van der Waals surface area contributed by atoms with Crippen LogP contribution in [-0.2, 0) is 6.61 Å². The third-order valence-corrected chi connectivity index (χ3v) is 5.51. The average molecular weight is 482 g/mol. The van der Waals surface area contributed by atoms with Gasteiger partial charge in [-0.15, -0.1) is 0 Å². The highest BCUT2D eigenvalue weighted by molar-refractivity contribution is 5.70. The number of imidazole rings is 1. The molecule has 1 aromatic carbocycles. The largest absolute Gasteiger partial charge is 0.485 e. The molecule has 0 atom stereocenters. The number of benzene rings is 1. The zero-order chi connectivity index (χ0) is 25.3. The lowest BCUT2D eigenvalue weighted by molar-refractivity contribution is -0.562. The van der Waals surface area contributed by atoms with Gasteiger partial charge in [-0.1, -0.05) is 6.07 Å². The number of hydrogen-bond donors (Lipinski definition) is 0. The van der Waals surface area contributed by atoms with Crippen LogP contribution in [0.25, 0.3) is 16.9 Å². The fraction of sp³-hybridized carbons (Fsp3) is 0.280. The molecule has 10 heteroatoms. The Morgan fingerprint density at radius 2 is 1.83 bits per heavy atom. The van der Waals surface area contributed by atoms with Gasteiger partial charge in [0, 0.05) is 42.8 Å². The Balaban J connectivity index is 1.63. The second kappa shape index (κ2) is 9.28. The van der Waals surface area contributed by atoms with Gasteiger partial charge in [0.1, 0.15) is 18.2 Å². The van der Waals surface area contributed by atoms with E-state index in [0.29, 0.717) is 17.1 Å². The first kappa shape index (κ1) is 24.1. The van der Waals surface area contributed by atoms with Crippen LogP contribution in [0.3, 0.4) is 0 Å². The minimum atomic E-state index is -1.24. The van der Waals surface area contributed by atoms with Gasteiger partial charge in [0.05, 0.1) is 17.0 Å². The fourth-order valence-electron chi connectivity index (χ4n) is 3.54. The van der Waals surface area contributed by atoms with Gasteiger partial charge in [-0.3, -0.25) is 14.5 Å². The molecule has 0 aliphatic heterocycles. The predicted octanol–water partition coefficient (Wildman–Crippen LogP) is 5.30. The Hall–Kier alpha value is -4.08. The number of nitro groups is 1. The summed E-state index contributed by atoms with van der Waals surface area (Å²) in [6.45, 7) is 6.26. The van der Waals surface area contributed by atoms with Gasteiger partial charge in [0.2, 0.25) is 11.4 Å². The molecule has 0 N–H and O–H groups in total. The molecular formula is C25H24F2N4O4. The SMILES string of the molecule is Cc1cc(OCc2c(F)cccc2F)c2nc(C)c(-c3ccc(OCC(C)(C)[N+](=O)[O-])nc3)n2c1. The fourth-order valence-corrected chi connectivity index (χ4v) is 3.54. The number of pyridine rings is 2. The van der Waals surface area contributed by atoms with E-state index < -0.39 is 22.1 Å². The first-order valence-electron chi connectivity index (χ1n) is 10.9. The molecule has 0 aliphatic carbocycles. The quantitative estimate of drug-likeness (QED) is 0.250. The van der Waals surface area contributed by atoms with E-state index in [-0.39, 0.29) is 24.7 Å². The number of rotatable bonds is 8. The van der Waals surface area contributed by atoms with Crippen molar-refractivity contribution >= 4 is 5.65 Å². The summed E-state index contributed by atoms with van der Waals surface area (Å²) in [6.07, 6.45) is 3.48. The van der Waals surface area contributed by atoms with Gasteiger partial charge in [-0.05, 0) is 43.7 Å². The van der Waals surface area contributed by atoms with Crippen LogP contribution < -0.4 is 9.47 Å². The van der Waals surface area contributed by atoms with Crippen molar-refractivity contribution in [3.63, 3.8) is 0 Å². The average Bonchev–Trinajstić information content (AvgIpc) is 3.13. The molecule has 3 aromatic heterocycles. The summed E-state index contributed by atoms with van der Waals surface area (Å²) in [7, 11) is 0. The van der Waals surface area contributed by atoms with Crippen molar-refractivity contribution in [2.75, 3.05) is 6.61 Å². The van der Waals surface area contributed by atoms with Gasteiger partial charge in [-0.2, -0.15) is 0 Å². The summed E-state index contributed by atoms with van der Waals surface area (Å²) in [5.74, 6) is -0.702. The van der Waals surface area contributed by atoms with Crippen LogP contribution in [0.1, 0.15) is 30.7 Å². The molecule has 0 radical (unpaired) electrons. The van der Waals surface area contributed by atoms with E-state index in [4.69, 9.17) is 9.47 Å². The highest BCUT2D eigenvalue weighted by Gasteiger charge is 2.32. The number of aryl methyl sites for hydroxylation is 2. The monoisotopic (exact) mass is 482 g/mol. The van der Waals surface area contributed by atoms with Gasteiger partial charge in [-0.25, -0.2) is 18.7 Å². The van der Waals surface area contributed by atoms with Gasteiger partial charge in [0.25, 0.3) is 0 Å². The van der Waals surface area contributed by atoms with E-state index in [9.17, 15) is 18.9 Å². The van der Waals surface area contributed by atoms with E-state index in [1.54, 1.807) is 24.4 Å². The molecule has 3 heterocycles. The first-order chi connectivity index (χ1) is 16.6. The molecule has 0 saturated carbocycles. The molecule has 0 aliphatic rings. The maximum Gasteiger partial charge on any atom is 0.250 e. The predicted molar refractivity (Wildman–Crippen MR) is 125 cm³/mol. The van der Waals surface area contributed by atoms with Crippen molar-refractivity contribution in [3.05, 3.63) is 87.4 Å². The van der Waals surface area contributed by atoms with Crippen LogP contribution in [0.2, 0.25) is 0 Å². The smallest absolute Gasteiger partial charge is 0.250 e. The highest BCUT2D eigenvalue weighted by Crippen LogP contribution is 2.31. The third-order valence-electron chi connectivity index (χ3n) is 5.51. The number of hydrogen-bond acceptors (Lipinski definition) is 6. The van der Waals surface area contributed by atoms with Gasteiger partial charge >= 0.3 is 0 Å². The summed E-state index contributed by atoms with van der Waals surface area (Å²) in [5, 5.41) is 11.1. The number of ether oxygens (including phenoxy) is 2. The minimum Gasteiger partial charge on any atom is -0.485 e. The zero-order valence-electron chi connectivity index (χ0n) is 19.7. The van der Waals surface area contributed by atoms with E-state index in [1.807, 2.05) is 24.4 Å². The Bertz CT molecular complexity index is 1380. The van der Waals surface area contributed by atoms with E-state index >= 15 is 0 Å². The molecule has 0 unspecified atom stereocenters. The summed E-state index contributed by atoms with van der Waals surface area (Å²) in [5.41, 5.74) is 2.15. The summed E-state index contributed by atoms with van der Waals surface area (Å²) in [6, 6.07) is 8.86. The van der Waals surface area contributed by atoms with Crippen LogP contribution >= 0.6 is 0 Å². The molecule has 4 rings (SSSR count). The van der Waals surface area contributed by atoms with Crippen LogP contribution in [0.4, 0.5) is 8.78 Å². The standard InChI is InChI=1S/C25H24F2N4O4/c1-15-10-21(34-13-18-19(26)6-5-7-20(18)27)24-29-16(2)23(30(24)12-15)17-8-9-22(28-11-17)35-14-25(3,4)31(32)33/h5-12H,13-14H2,1-4H3. The van der Waals surface area contributed by atoms with E-state index in [1.165, 1.54) is 32.0 Å². The lowest BCUT2D eigenvalue weighted by Gasteiger charge is -2.15. The maximum atomic E-state index is 14.0. The van der Waals surface area contributed by atoms with Crippen molar-refractivity contribution in [2.45, 2.75) is 39.8 Å². The third kappa shape index (κ3) is 4.91. The second-order valence-corrected chi connectivity index (χ2v) is 8.85. The van der Waals surface area contributed by atoms with Crippen LogP contribution in [-0.4, -0.2) is 31.4 Å². The molecule has 0 amide bonds. The molecule has 8 nitrogen and oxygen atoms in total. The Kier molecular flexibility index (Phi) is 6.38. The second-order valence-electron chi connectivity index (χ2n) is 8.85. The van der Waals surface area contributed by atoms with Crippen molar-refractivity contribution in [3.8, 4) is 22.9 Å². The van der Waals surface area contributed by atoms with Crippen LogP contribution in [0, 0.1) is 35.6 Å². The molecule has 182 valence electrons. The van der Waals surface area contributed by atoms with Crippen molar-refractivity contribution in [2.24, 2.45) is 0 Å². The number of nitrogens with zero attached hydrogens (tertiary/aromatic N) is 4. The van der Waals surface area contributed by atoms with E-state index in [2.05, 4.69) is 9.97 Å². The minimum absolute atomic E-state index is 0.122. The molecule has 0 fully saturated rings. The molecule has 4 aromatic rings.